The lowest BCUT2D eigenvalue weighted by atomic mass is 9.98. The normalized spacial score (nSPS) is 15.6. The van der Waals surface area contributed by atoms with Crippen molar-refractivity contribution in [2.45, 2.75) is 45.6 Å². The molecule has 1 amide bonds. The Labute approximate surface area is 156 Å². The molecule has 0 N–H and O–H groups in total. The molecule has 0 atom stereocenters. The molecule has 0 radical (unpaired) electrons. The molecule has 2 aromatic heterocycles. The SMILES string of the molecule is CC(C)(C)c1nn(CC2CC2)/c(=N/C(=O)c2nccc3ccccc23)s1. The second-order valence-corrected chi connectivity index (χ2v) is 8.82. The first kappa shape index (κ1) is 17.1. The van der Waals surface area contributed by atoms with E-state index < -0.39 is 0 Å². The number of carbonyl (C=O) groups is 1. The van der Waals surface area contributed by atoms with Crippen LogP contribution in [0.2, 0.25) is 0 Å². The lowest BCUT2D eigenvalue weighted by Crippen LogP contribution is -2.20. The third-order valence-electron chi connectivity index (χ3n) is 4.46. The molecule has 0 bridgehead atoms. The molecule has 3 aromatic rings. The third-order valence-corrected chi connectivity index (χ3v) is 5.84. The van der Waals surface area contributed by atoms with Crippen molar-refractivity contribution in [3.8, 4) is 0 Å². The standard InChI is InChI=1S/C20H22N4OS/c1-20(2,3)18-23-24(12-13-8-9-13)19(26-18)22-17(25)16-15-7-5-4-6-14(15)10-11-21-16/h4-7,10-11,13H,8-9,12H2,1-3H3/b22-19-. The highest BCUT2D eigenvalue weighted by Crippen LogP contribution is 2.30. The second-order valence-electron chi connectivity index (χ2n) is 7.86. The maximum Gasteiger partial charge on any atom is 0.298 e. The van der Waals surface area contributed by atoms with Crippen molar-refractivity contribution in [1.82, 2.24) is 14.8 Å². The quantitative estimate of drug-likeness (QED) is 0.705. The van der Waals surface area contributed by atoms with E-state index in [0.29, 0.717) is 16.4 Å². The molecule has 4 rings (SSSR count). The molecule has 1 aromatic carbocycles. The molecule has 1 aliphatic carbocycles. The number of fused-ring (bicyclic) bond motifs is 1. The Morgan fingerprint density at radius 1 is 1.27 bits per heavy atom. The molecular formula is C20H22N4OS. The largest absolute Gasteiger partial charge is 0.298 e. The van der Waals surface area contributed by atoms with Crippen LogP contribution in [-0.2, 0) is 12.0 Å². The molecule has 1 saturated carbocycles. The highest BCUT2D eigenvalue weighted by atomic mass is 32.1. The van der Waals surface area contributed by atoms with Gasteiger partial charge in [-0.1, -0.05) is 56.4 Å². The zero-order chi connectivity index (χ0) is 18.3. The Hall–Kier alpha value is -2.34. The van der Waals surface area contributed by atoms with Gasteiger partial charge < -0.3 is 0 Å². The number of hydrogen-bond donors (Lipinski definition) is 0. The van der Waals surface area contributed by atoms with Gasteiger partial charge in [-0.25, -0.2) is 4.68 Å². The van der Waals surface area contributed by atoms with Crippen LogP contribution < -0.4 is 4.80 Å². The van der Waals surface area contributed by atoms with E-state index in [1.165, 1.54) is 24.2 Å². The van der Waals surface area contributed by atoms with Crippen LogP contribution in [0.4, 0.5) is 0 Å². The summed E-state index contributed by atoms with van der Waals surface area (Å²) >= 11 is 1.50. The second kappa shape index (κ2) is 6.43. The average Bonchev–Trinajstić information content (AvgIpc) is 3.33. The first-order valence-corrected chi connectivity index (χ1v) is 9.75. The summed E-state index contributed by atoms with van der Waals surface area (Å²) in [6, 6.07) is 9.67. The van der Waals surface area contributed by atoms with Crippen LogP contribution in [0.15, 0.2) is 41.5 Å². The number of pyridine rings is 1. The van der Waals surface area contributed by atoms with Gasteiger partial charge in [-0.05, 0) is 30.2 Å². The Kier molecular flexibility index (Phi) is 4.23. The van der Waals surface area contributed by atoms with Gasteiger partial charge in [0.05, 0.1) is 0 Å². The van der Waals surface area contributed by atoms with Crippen LogP contribution >= 0.6 is 11.3 Å². The van der Waals surface area contributed by atoms with Gasteiger partial charge in [0.2, 0.25) is 4.80 Å². The summed E-state index contributed by atoms with van der Waals surface area (Å²) in [5.41, 5.74) is 0.330. The summed E-state index contributed by atoms with van der Waals surface area (Å²) in [5.74, 6) is 0.352. The molecule has 26 heavy (non-hydrogen) atoms. The smallest absolute Gasteiger partial charge is 0.265 e. The summed E-state index contributed by atoms with van der Waals surface area (Å²) in [5, 5.41) is 7.56. The average molecular weight is 366 g/mol. The molecule has 6 heteroatoms. The molecule has 0 aliphatic heterocycles. The summed E-state index contributed by atoms with van der Waals surface area (Å²) < 4.78 is 1.91. The fourth-order valence-corrected chi connectivity index (χ4v) is 3.76. The summed E-state index contributed by atoms with van der Waals surface area (Å²) in [6.45, 7) is 7.23. The summed E-state index contributed by atoms with van der Waals surface area (Å²) in [7, 11) is 0. The first-order valence-electron chi connectivity index (χ1n) is 8.93. The molecule has 2 heterocycles. The van der Waals surface area contributed by atoms with E-state index in [9.17, 15) is 4.79 Å². The zero-order valence-corrected chi connectivity index (χ0v) is 16.1. The number of carbonyl (C=O) groups excluding carboxylic acids is 1. The van der Waals surface area contributed by atoms with Crippen LogP contribution in [0.3, 0.4) is 0 Å². The van der Waals surface area contributed by atoms with E-state index in [1.54, 1.807) is 6.20 Å². The van der Waals surface area contributed by atoms with Gasteiger partial charge in [-0.2, -0.15) is 10.1 Å². The van der Waals surface area contributed by atoms with Crippen LogP contribution in [0.25, 0.3) is 10.8 Å². The molecule has 1 fully saturated rings. The van der Waals surface area contributed by atoms with E-state index in [1.807, 2.05) is 35.0 Å². The Morgan fingerprint density at radius 3 is 2.77 bits per heavy atom. The van der Waals surface area contributed by atoms with Crippen LogP contribution in [0, 0.1) is 5.92 Å². The minimum atomic E-state index is -0.310. The fraction of sp³-hybridized carbons (Fsp3) is 0.400. The van der Waals surface area contributed by atoms with Crippen molar-refractivity contribution in [1.29, 1.82) is 0 Å². The van der Waals surface area contributed by atoms with Gasteiger partial charge in [-0.15, -0.1) is 0 Å². The lowest BCUT2D eigenvalue weighted by Gasteiger charge is -2.12. The van der Waals surface area contributed by atoms with E-state index in [4.69, 9.17) is 5.10 Å². The van der Waals surface area contributed by atoms with Gasteiger partial charge in [0, 0.05) is 23.5 Å². The highest BCUT2D eigenvalue weighted by Gasteiger charge is 2.26. The maximum absolute atomic E-state index is 12.9. The lowest BCUT2D eigenvalue weighted by molar-refractivity contribution is 0.0994. The van der Waals surface area contributed by atoms with Gasteiger partial charge in [0.15, 0.2) is 0 Å². The minimum absolute atomic E-state index is 0.0650. The number of rotatable bonds is 3. The van der Waals surface area contributed by atoms with Crippen LogP contribution in [0.1, 0.15) is 49.1 Å². The van der Waals surface area contributed by atoms with E-state index >= 15 is 0 Å². The Bertz CT molecular complexity index is 1030. The molecule has 134 valence electrons. The molecule has 5 nitrogen and oxygen atoms in total. The molecular weight excluding hydrogens is 344 g/mol. The van der Waals surface area contributed by atoms with Gasteiger partial charge in [0.25, 0.3) is 5.91 Å². The van der Waals surface area contributed by atoms with Crippen molar-refractivity contribution >= 4 is 28.0 Å². The Morgan fingerprint density at radius 2 is 2.04 bits per heavy atom. The predicted molar refractivity (Wildman–Crippen MR) is 103 cm³/mol. The first-order chi connectivity index (χ1) is 12.4. The van der Waals surface area contributed by atoms with Crippen molar-refractivity contribution < 1.29 is 4.79 Å². The monoisotopic (exact) mass is 366 g/mol. The number of nitrogens with zero attached hydrogens (tertiary/aromatic N) is 4. The number of amides is 1. The topological polar surface area (TPSA) is 60.1 Å². The summed E-state index contributed by atoms with van der Waals surface area (Å²) in [6.07, 6.45) is 4.12. The van der Waals surface area contributed by atoms with Gasteiger partial charge in [0.1, 0.15) is 10.7 Å². The molecule has 0 spiro atoms. The van der Waals surface area contributed by atoms with E-state index in [0.717, 1.165) is 22.3 Å². The highest BCUT2D eigenvalue weighted by molar-refractivity contribution is 7.09. The fourth-order valence-electron chi connectivity index (χ4n) is 2.79. The minimum Gasteiger partial charge on any atom is -0.265 e. The summed E-state index contributed by atoms with van der Waals surface area (Å²) in [4.78, 5) is 22.3. The van der Waals surface area contributed by atoms with Crippen molar-refractivity contribution in [3.05, 3.63) is 52.0 Å². The molecule has 0 unspecified atom stereocenters. The van der Waals surface area contributed by atoms with Crippen molar-refractivity contribution in [2.75, 3.05) is 0 Å². The number of hydrogen-bond acceptors (Lipinski definition) is 4. The van der Waals surface area contributed by atoms with Gasteiger partial charge >= 0.3 is 0 Å². The van der Waals surface area contributed by atoms with E-state index in [-0.39, 0.29) is 11.3 Å². The molecule has 0 saturated heterocycles. The number of aromatic nitrogens is 3. The van der Waals surface area contributed by atoms with Crippen molar-refractivity contribution in [3.63, 3.8) is 0 Å². The zero-order valence-electron chi connectivity index (χ0n) is 15.3. The van der Waals surface area contributed by atoms with Crippen LogP contribution in [0.5, 0.6) is 0 Å². The predicted octanol–water partition coefficient (Wildman–Crippen LogP) is 3.94. The third kappa shape index (κ3) is 3.46. The maximum atomic E-state index is 12.9. The van der Waals surface area contributed by atoms with Crippen LogP contribution in [-0.4, -0.2) is 20.7 Å². The van der Waals surface area contributed by atoms with E-state index in [2.05, 4.69) is 30.7 Å². The molecule has 1 aliphatic rings. The number of benzene rings is 1. The van der Waals surface area contributed by atoms with Gasteiger partial charge in [-0.3, -0.25) is 9.78 Å². The van der Waals surface area contributed by atoms with Crippen molar-refractivity contribution in [2.24, 2.45) is 10.9 Å². The Balaban J connectivity index is 1.79.